The van der Waals surface area contributed by atoms with Crippen molar-refractivity contribution < 1.29 is 29.0 Å². The number of hydroxylamine groups is 2. The Morgan fingerprint density at radius 1 is 1.11 bits per heavy atom. The first-order valence-electron chi connectivity index (χ1n) is 11.2. The van der Waals surface area contributed by atoms with Crippen molar-refractivity contribution in [3.05, 3.63) is 88.2 Å². The van der Waals surface area contributed by atoms with Crippen molar-refractivity contribution in [1.29, 1.82) is 0 Å². The van der Waals surface area contributed by atoms with Gasteiger partial charge in [-0.3, -0.25) is 9.82 Å². The summed E-state index contributed by atoms with van der Waals surface area (Å²) in [6, 6.07) is 18.0. The standard InChI is InChI=1S/C26H23BrN2O6/c27-23-13-28-11-9-22(23)26(34-15-24(30)31)10-12-35-29(16-26)25(32)33-14-21-19-7-3-1-5-17(19)18-6-2-4-8-20(18)21/h1-9,11,13,21H,10,12,14-16H2,(H,30,31). The molecule has 1 aromatic heterocycles. The Kier molecular flexibility index (Phi) is 6.55. The second-order valence-corrected chi connectivity index (χ2v) is 9.31. The molecule has 1 saturated heterocycles. The van der Waals surface area contributed by atoms with Gasteiger partial charge in [0.15, 0.2) is 0 Å². The maximum absolute atomic E-state index is 13.1. The van der Waals surface area contributed by atoms with Crippen molar-refractivity contribution in [2.75, 3.05) is 26.4 Å². The predicted molar refractivity (Wildman–Crippen MR) is 130 cm³/mol. The lowest BCUT2D eigenvalue weighted by Gasteiger charge is -2.41. The Hall–Kier alpha value is -3.27. The number of hydrogen-bond donors (Lipinski definition) is 1. The van der Waals surface area contributed by atoms with Crippen molar-refractivity contribution in [2.45, 2.75) is 17.9 Å². The molecule has 0 bridgehead atoms. The fraction of sp³-hybridized carbons (Fsp3) is 0.269. The summed E-state index contributed by atoms with van der Waals surface area (Å²) < 4.78 is 12.2. The van der Waals surface area contributed by atoms with E-state index in [-0.39, 0.29) is 25.7 Å². The number of carboxylic acid groups (broad SMARTS) is 1. The summed E-state index contributed by atoms with van der Waals surface area (Å²) in [6.45, 7) is -0.250. The quantitative estimate of drug-likeness (QED) is 0.484. The average molecular weight is 539 g/mol. The van der Waals surface area contributed by atoms with Crippen LogP contribution in [0.1, 0.15) is 29.0 Å². The summed E-state index contributed by atoms with van der Waals surface area (Å²) in [5.41, 5.74) is 4.10. The van der Waals surface area contributed by atoms with E-state index in [2.05, 4.69) is 45.2 Å². The Bertz CT molecular complexity index is 1220. The zero-order chi connectivity index (χ0) is 24.4. The van der Waals surface area contributed by atoms with E-state index in [1.807, 2.05) is 24.3 Å². The van der Waals surface area contributed by atoms with Crippen LogP contribution in [0.25, 0.3) is 11.1 Å². The minimum Gasteiger partial charge on any atom is -0.480 e. The number of pyridine rings is 1. The van der Waals surface area contributed by atoms with Gasteiger partial charge in [0.2, 0.25) is 0 Å². The van der Waals surface area contributed by atoms with Gasteiger partial charge < -0.3 is 14.6 Å². The Morgan fingerprint density at radius 2 is 1.80 bits per heavy atom. The van der Waals surface area contributed by atoms with Crippen molar-refractivity contribution >= 4 is 28.0 Å². The average Bonchev–Trinajstić information content (AvgIpc) is 3.20. The van der Waals surface area contributed by atoms with Crippen LogP contribution in [0.2, 0.25) is 0 Å². The molecule has 5 rings (SSSR count). The van der Waals surface area contributed by atoms with E-state index in [0.717, 1.165) is 27.3 Å². The van der Waals surface area contributed by atoms with Gasteiger partial charge in [0.25, 0.3) is 0 Å². The van der Waals surface area contributed by atoms with E-state index in [1.54, 1.807) is 18.5 Å². The van der Waals surface area contributed by atoms with E-state index in [9.17, 15) is 14.7 Å². The zero-order valence-corrected chi connectivity index (χ0v) is 20.3. The van der Waals surface area contributed by atoms with Crippen molar-refractivity contribution in [3.8, 4) is 11.1 Å². The minimum absolute atomic E-state index is 0.0282. The second kappa shape index (κ2) is 9.77. The third-order valence-corrected chi connectivity index (χ3v) is 7.06. The van der Waals surface area contributed by atoms with Gasteiger partial charge in [0.1, 0.15) is 18.8 Å². The molecular formula is C26H23BrN2O6. The highest BCUT2D eigenvalue weighted by molar-refractivity contribution is 9.10. The molecule has 0 saturated carbocycles. The van der Waals surface area contributed by atoms with Gasteiger partial charge in [-0.2, -0.15) is 5.06 Å². The number of carbonyl (C=O) groups excluding carboxylic acids is 1. The van der Waals surface area contributed by atoms with Gasteiger partial charge in [-0.25, -0.2) is 9.59 Å². The molecule has 35 heavy (non-hydrogen) atoms. The summed E-state index contributed by atoms with van der Waals surface area (Å²) >= 11 is 3.47. The molecule has 2 aromatic carbocycles. The molecule has 9 heteroatoms. The molecule has 3 aromatic rings. The highest BCUT2D eigenvalue weighted by Crippen LogP contribution is 2.44. The lowest BCUT2D eigenvalue weighted by atomic mass is 9.90. The first-order valence-corrected chi connectivity index (χ1v) is 12.0. The number of halogens is 1. The maximum atomic E-state index is 13.1. The van der Waals surface area contributed by atoms with Crippen LogP contribution in [0.4, 0.5) is 4.79 Å². The highest BCUT2D eigenvalue weighted by Gasteiger charge is 2.43. The van der Waals surface area contributed by atoms with Gasteiger partial charge in [-0.15, -0.1) is 0 Å². The van der Waals surface area contributed by atoms with Crippen LogP contribution in [0.15, 0.2) is 71.5 Å². The number of fused-ring (bicyclic) bond motifs is 3. The molecule has 8 nitrogen and oxygen atoms in total. The number of benzene rings is 2. The van der Waals surface area contributed by atoms with Gasteiger partial charge in [0, 0.05) is 34.8 Å². The number of rotatable bonds is 6. The Balaban J connectivity index is 1.35. The second-order valence-electron chi connectivity index (χ2n) is 8.46. The topological polar surface area (TPSA) is 98.2 Å². The third-order valence-electron chi connectivity index (χ3n) is 6.43. The fourth-order valence-electron chi connectivity index (χ4n) is 4.82. The molecule has 1 N–H and O–H groups in total. The van der Waals surface area contributed by atoms with E-state index in [4.69, 9.17) is 14.3 Å². The normalized spacial score (nSPS) is 19.2. The lowest BCUT2D eigenvalue weighted by Crippen LogP contribution is -2.51. The minimum atomic E-state index is -1.10. The molecule has 1 unspecified atom stereocenters. The number of carbonyl (C=O) groups is 2. The monoisotopic (exact) mass is 538 g/mol. The zero-order valence-electron chi connectivity index (χ0n) is 18.7. The predicted octanol–water partition coefficient (Wildman–Crippen LogP) is 4.73. The van der Waals surface area contributed by atoms with Crippen molar-refractivity contribution in [1.82, 2.24) is 10.0 Å². The maximum Gasteiger partial charge on any atom is 0.434 e. The van der Waals surface area contributed by atoms with Crippen LogP contribution in [-0.4, -0.2) is 53.6 Å². The van der Waals surface area contributed by atoms with E-state index in [0.29, 0.717) is 16.5 Å². The van der Waals surface area contributed by atoms with Crippen molar-refractivity contribution in [3.63, 3.8) is 0 Å². The molecule has 1 atom stereocenters. The van der Waals surface area contributed by atoms with Crippen LogP contribution in [0.3, 0.4) is 0 Å². The molecule has 180 valence electrons. The first kappa shape index (κ1) is 23.5. The Morgan fingerprint density at radius 3 is 2.46 bits per heavy atom. The summed E-state index contributed by atoms with van der Waals surface area (Å²) in [5.74, 6) is -1.19. The first-order chi connectivity index (χ1) is 17.0. The summed E-state index contributed by atoms with van der Waals surface area (Å²) in [6.07, 6.45) is 2.91. The molecule has 1 fully saturated rings. The van der Waals surface area contributed by atoms with E-state index < -0.39 is 24.3 Å². The number of carboxylic acids is 1. The molecule has 2 heterocycles. The summed E-state index contributed by atoms with van der Waals surface area (Å²) in [7, 11) is 0. The number of amides is 1. The van der Waals surface area contributed by atoms with Crippen LogP contribution in [-0.2, 0) is 24.7 Å². The van der Waals surface area contributed by atoms with Crippen LogP contribution in [0, 0.1) is 0 Å². The van der Waals surface area contributed by atoms with Gasteiger partial charge >= 0.3 is 12.1 Å². The van der Waals surface area contributed by atoms with Gasteiger partial charge in [0.05, 0.1) is 13.2 Å². The van der Waals surface area contributed by atoms with Gasteiger partial charge in [-0.1, -0.05) is 48.5 Å². The van der Waals surface area contributed by atoms with Crippen LogP contribution >= 0.6 is 15.9 Å². The van der Waals surface area contributed by atoms with Crippen LogP contribution < -0.4 is 0 Å². The van der Waals surface area contributed by atoms with Crippen molar-refractivity contribution in [2.24, 2.45) is 0 Å². The summed E-state index contributed by atoms with van der Waals surface area (Å²) in [5, 5.41) is 10.3. The Labute approximate surface area is 210 Å². The summed E-state index contributed by atoms with van der Waals surface area (Å²) in [4.78, 5) is 34.1. The molecular weight excluding hydrogens is 516 g/mol. The van der Waals surface area contributed by atoms with E-state index in [1.165, 1.54) is 0 Å². The SMILES string of the molecule is O=C(O)COC1(c2ccncc2Br)CCON(C(=O)OCC2c3ccccc3-c3ccccc32)C1. The number of nitrogens with zero attached hydrogens (tertiary/aromatic N) is 2. The third kappa shape index (κ3) is 4.54. The number of hydrogen-bond acceptors (Lipinski definition) is 6. The van der Waals surface area contributed by atoms with Crippen LogP contribution in [0.5, 0.6) is 0 Å². The fourth-order valence-corrected chi connectivity index (χ4v) is 5.43. The number of aromatic nitrogens is 1. The molecule has 1 amide bonds. The van der Waals surface area contributed by atoms with Gasteiger partial charge in [-0.05, 0) is 44.3 Å². The number of aliphatic carboxylic acids is 1. The largest absolute Gasteiger partial charge is 0.480 e. The molecule has 1 aliphatic heterocycles. The number of ether oxygens (including phenoxy) is 2. The molecule has 1 aliphatic carbocycles. The molecule has 2 aliphatic rings. The molecule has 0 spiro atoms. The van der Waals surface area contributed by atoms with E-state index >= 15 is 0 Å². The lowest BCUT2D eigenvalue weighted by molar-refractivity contribution is -0.230. The smallest absolute Gasteiger partial charge is 0.434 e. The highest BCUT2D eigenvalue weighted by atomic mass is 79.9. The molecule has 0 radical (unpaired) electrons.